The predicted molar refractivity (Wildman–Crippen MR) is 134 cm³/mol. The van der Waals surface area contributed by atoms with Crippen molar-refractivity contribution >= 4 is 0 Å². The van der Waals surface area contributed by atoms with Gasteiger partial charge in [0.1, 0.15) is 48.8 Å². The number of ether oxygens (including phenoxy) is 6. The molecule has 7 aliphatic rings. The Balaban J connectivity index is 1.17. The van der Waals surface area contributed by atoms with Crippen LogP contribution in [0.25, 0.3) is 0 Å². The molecule has 6 saturated heterocycles. The third-order valence-electron chi connectivity index (χ3n) is 10.3. The molecule has 7 fully saturated rings. The number of hydrogen-bond donors (Lipinski definition) is 7. The normalized spacial score (nSPS) is 57.9. The van der Waals surface area contributed by atoms with Crippen molar-refractivity contribution in [3.05, 3.63) is 0 Å². The van der Waals surface area contributed by atoms with Crippen molar-refractivity contribution in [3.8, 4) is 0 Å². The summed E-state index contributed by atoms with van der Waals surface area (Å²) in [6.07, 6.45) is -13.9. The van der Waals surface area contributed by atoms with Gasteiger partial charge in [0.25, 0.3) is 0 Å². The second-order valence-electron chi connectivity index (χ2n) is 12.9. The fourth-order valence-corrected chi connectivity index (χ4v) is 7.83. The van der Waals surface area contributed by atoms with E-state index in [1.807, 2.05) is 6.92 Å². The van der Waals surface area contributed by atoms with Crippen LogP contribution >= 0.6 is 0 Å². The van der Waals surface area contributed by atoms with Crippen LogP contribution in [-0.4, -0.2) is 134 Å². The average molecular weight is 609 g/mol. The molecule has 6 heterocycles. The van der Waals surface area contributed by atoms with Crippen LogP contribution in [0.1, 0.15) is 46.5 Å². The number of hydrogen-bond acceptors (Lipinski definition) is 15. The van der Waals surface area contributed by atoms with E-state index in [9.17, 15) is 35.7 Å². The molecule has 0 radical (unpaired) electrons. The monoisotopic (exact) mass is 608 g/mol. The van der Waals surface area contributed by atoms with Crippen LogP contribution in [0.15, 0.2) is 0 Å². The molecule has 3 unspecified atom stereocenters. The van der Waals surface area contributed by atoms with Crippen molar-refractivity contribution in [1.82, 2.24) is 0 Å². The molecule has 1 saturated carbocycles. The maximum atomic E-state index is 11.0. The molecule has 2 bridgehead atoms. The summed E-state index contributed by atoms with van der Waals surface area (Å²) < 4.78 is 35.7. The molecule has 1 aliphatic carbocycles. The highest BCUT2D eigenvalue weighted by atomic mass is 17.3. The minimum absolute atomic E-state index is 0.0633. The van der Waals surface area contributed by atoms with E-state index in [4.69, 9.17) is 38.2 Å². The van der Waals surface area contributed by atoms with Crippen LogP contribution in [0, 0.1) is 23.7 Å². The molecular formula is C27H44O15. The maximum absolute atomic E-state index is 11.0. The van der Waals surface area contributed by atoms with Crippen LogP contribution in [0.2, 0.25) is 0 Å². The molecule has 7 rings (SSSR count). The Labute approximate surface area is 243 Å². The first kappa shape index (κ1) is 31.4. The van der Waals surface area contributed by atoms with Crippen molar-refractivity contribution < 1.29 is 73.9 Å². The Morgan fingerprint density at radius 2 is 1.36 bits per heavy atom. The molecule has 7 N–H and O–H groups in total. The van der Waals surface area contributed by atoms with Gasteiger partial charge in [-0.3, -0.25) is 0 Å². The van der Waals surface area contributed by atoms with Crippen molar-refractivity contribution in [2.24, 2.45) is 23.7 Å². The third-order valence-corrected chi connectivity index (χ3v) is 10.3. The number of fused-ring (bicyclic) bond motifs is 2. The highest BCUT2D eigenvalue weighted by molar-refractivity contribution is 5.09. The molecule has 0 amide bonds. The Morgan fingerprint density at radius 3 is 2.07 bits per heavy atom. The summed E-state index contributed by atoms with van der Waals surface area (Å²) in [5.74, 6) is -0.793. The number of aliphatic hydroxyl groups is 7. The topological polar surface area (TPSA) is 215 Å². The molecule has 15 heteroatoms. The SMILES string of the molecule is C[C@H]1CCC2[C@H](C)[C@@H](O[C@H]3O[C@H](CO)[C@@H](O[C@@H]4O[C@H](CO)[C@@H](O)[C@H](O)[C@H]4O)[C@H](O)[C@H]3O)O[C@H]3O[C@]4(C)CCC1C23OO4. The van der Waals surface area contributed by atoms with E-state index in [0.717, 1.165) is 19.3 Å². The molecular weight excluding hydrogens is 564 g/mol. The van der Waals surface area contributed by atoms with Crippen LogP contribution in [0.4, 0.5) is 0 Å². The van der Waals surface area contributed by atoms with E-state index in [1.165, 1.54) is 0 Å². The van der Waals surface area contributed by atoms with Crippen LogP contribution < -0.4 is 0 Å². The van der Waals surface area contributed by atoms with Gasteiger partial charge in [-0.2, -0.15) is 0 Å². The summed E-state index contributed by atoms with van der Waals surface area (Å²) in [5, 5.41) is 72.1. The summed E-state index contributed by atoms with van der Waals surface area (Å²) in [6.45, 7) is 4.61. The molecule has 18 atom stereocenters. The van der Waals surface area contributed by atoms with Crippen molar-refractivity contribution in [1.29, 1.82) is 0 Å². The second-order valence-corrected chi connectivity index (χ2v) is 12.9. The van der Waals surface area contributed by atoms with E-state index < -0.39 is 98.6 Å². The molecule has 0 aromatic heterocycles. The van der Waals surface area contributed by atoms with Crippen molar-refractivity contribution in [3.63, 3.8) is 0 Å². The first-order valence-electron chi connectivity index (χ1n) is 14.9. The Bertz CT molecular complexity index is 954. The second kappa shape index (κ2) is 11.6. The zero-order valence-electron chi connectivity index (χ0n) is 23.9. The highest BCUT2D eigenvalue weighted by Gasteiger charge is 2.70. The smallest absolute Gasteiger partial charge is 0.201 e. The lowest BCUT2D eigenvalue weighted by atomic mass is 9.58. The van der Waals surface area contributed by atoms with Crippen LogP contribution in [0.3, 0.4) is 0 Å². The van der Waals surface area contributed by atoms with Gasteiger partial charge in [0.2, 0.25) is 5.79 Å². The molecule has 0 aromatic carbocycles. The van der Waals surface area contributed by atoms with Crippen LogP contribution in [-0.2, 0) is 38.2 Å². The summed E-state index contributed by atoms with van der Waals surface area (Å²) >= 11 is 0. The lowest BCUT2D eigenvalue weighted by Crippen LogP contribution is -2.71. The Hall–Kier alpha value is -0.600. The third kappa shape index (κ3) is 4.94. The summed E-state index contributed by atoms with van der Waals surface area (Å²) in [5.41, 5.74) is -0.823. The fourth-order valence-electron chi connectivity index (χ4n) is 7.83. The number of aliphatic hydroxyl groups excluding tert-OH is 7. The quantitative estimate of drug-likeness (QED) is 0.160. The summed E-state index contributed by atoms with van der Waals surface area (Å²) in [7, 11) is 0. The predicted octanol–water partition coefficient (Wildman–Crippen LogP) is -2.16. The maximum Gasteiger partial charge on any atom is 0.201 e. The van der Waals surface area contributed by atoms with Crippen LogP contribution in [0.5, 0.6) is 0 Å². The van der Waals surface area contributed by atoms with Gasteiger partial charge >= 0.3 is 0 Å². The molecule has 6 aliphatic heterocycles. The molecule has 42 heavy (non-hydrogen) atoms. The zero-order chi connectivity index (χ0) is 30.1. The van der Waals surface area contributed by atoms with E-state index >= 15 is 0 Å². The number of rotatable bonds is 6. The van der Waals surface area contributed by atoms with Gasteiger partial charge in [-0.25, -0.2) is 9.78 Å². The van der Waals surface area contributed by atoms with E-state index in [2.05, 4.69) is 6.92 Å². The van der Waals surface area contributed by atoms with Crippen molar-refractivity contribution in [2.45, 2.75) is 132 Å². The minimum Gasteiger partial charge on any atom is -0.394 e. The lowest BCUT2D eigenvalue weighted by Gasteiger charge is -2.60. The van der Waals surface area contributed by atoms with Gasteiger partial charge in [-0.15, -0.1) is 0 Å². The standard InChI is InChI=1S/C27H44O15/c1-10-4-5-13-11(2)22(39-25-27(13)12(10)6-7-26(3,40-25)41-42-27)38-24-20(34)18(32)21(15(9-29)36-24)37-23-19(33)17(31)16(30)14(8-28)35-23/h10-25,28-34H,4-9H2,1-3H3/t10-,11-,12?,13?,14+,15+,16+,17-,18+,19+,20+,21+,22-,23-,24+,25-,26-,27?/m0/s1. The van der Waals surface area contributed by atoms with Gasteiger partial charge in [0, 0.05) is 18.3 Å². The Morgan fingerprint density at radius 1 is 0.690 bits per heavy atom. The van der Waals surface area contributed by atoms with Gasteiger partial charge in [0.15, 0.2) is 30.8 Å². The Kier molecular flexibility index (Phi) is 8.70. The summed E-state index contributed by atoms with van der Waals surface area (Å²) in [4.78, 5) is 12.0. The highest BCUT2D eigenvalue weighted by Crippen LogP contribution is 2.60. The minimum atomic E-state index is -1.76. The zero-order valence-corrected chi connectivity index (χ0v) is 23.9. The van der Waals surface area contributed by atoms with E-state index in [0.29, 0.717) is 12.3 Å². The van der Waals surface area contributed by atoms with Gasteiger partial charge in [-0.05, 0) is 38.0 Å². The first-order chi connectivity index (χ1) is 19.9. The first-order valence-corrected chi connectivity index (χ1v) is 14.9. The largest absolute Gasteiger partial charge is 0.394 e. The molecule has 0 aromatic rings. The average Bonchev–Trinajstić information content (AvgIpc) is 3.20. The molecule has 1 spiro atoms. The molecule has 15 nitrogen and oxygen atoms in total. The lowest BCUT2D eigenvalue weighted by molar-refractivity contribution is -0.579. The fraction of sp³-hybridized carbons (Fsp3) is 1.00. The van der Waals surface area contributed by atoms with Gasteiger partial charge < -0.3 is 64.2 Å². The molecule has 242 valence electrons. The van der Waals surface area contributed by atoms with E-state index in [1.54, 1.807) is 6.92 Å². The summed E-state index contributed by atoms with van der Waals surface area (Å²) in [6, 6.07) is 0. The van der Waals surface area contributed by atoms with Gasteiger partial charge in [-0.1, -0.05) is 13.8 Å². The van der Waals surface area contributed by atoms with E-state index in [-0.39, 0.29) is 17.8 Å². The van der Waals surface area contributed by atoms with Crippen molar-refractivity contribution in [2.75, 3.05) is 13.2 Å². The van der Waals surface area contributed by atoms with Gasteiger partial charge in [0.05, 0.1) is 13.2 Å².